The van der Waals surface area contributed by atoms with E-state index in [0.717, 1.165) is 30.7 Å². The minimum atomic E-state index is -4.53. The van der Waals surface area contributed by atoms with Crippen molar-refractivity contribution >= 4 is 12.2 Å². The van der Waals surface area contributed by atoms with Gasteiger partial charge in [0.2, 0.25) is 5.91 Å². The number of hydrogen-bond acceptors (Lipinski definition) is 4. The average Bonchev–Trinajstić information content (AvgIpc) is 3.49. The molecule has 1 aliphatic rings. The number of carbonyl (C=O) groups is 2. The first kappa shape index (κ1) is 21.9. The van der Waals surface area contributed by atoms with Gasteiger partial charge >= 0.3 is 6.18 Å². The van der Waals surface area contributed by atoms with Gasteiger partial charge in [-0.2, -0.15) is 13.2 Å². The zero-order chi connectivity index (χ0) is 21.9. The first-order valence-electron chi connectivity index (χ1n) is 9.86. The van der Waals surface area contributed by atoms with Crippen molar-refractivity contribution in [1.82, 2.24) is 14.9 Å². The zero-order valence-corrected chi connectivity index (χ0v) is 16.9. The monoisotopic (exact) mass is 419 g/mol. The molecule has 0 N–H and O–H groups in total. The summed E-state index contributed by atoms with van der Waals surface area (Å²) in [7, 11) is 1.76. The second kappa shape index (κ2) is 8.53. The van der Waals surface area contributed by atoms with E-state index in [1.165, 1.54) is 6.07 Å². The van der Waals surface area contributed by atoms with Gasteiger partial charge in [0.1, 0.15) is 12.0 Å². The predicted molar refractivity (Wildman–Crippen MR) is 105 cm³/mol. The summed E-state index contributed by atoms with van der Waals surface area (Å²) in [6.45, 7) is 2.04. The van der Waals surface area contributed by atoms with Crippen molar-refractivity contribution in [3.05, 3.63) is 59.7 Å². The summed E-state index contributed by atoms with van der Waals surface area (Å²) in [5.41, 5.74) is 0.289. The molecule has 1 aliphatic carbocycles. The third-order valence-electron chi connectivity index (χ3n) is 6.16. The predicted octanol–water partition coefficient (Wildman–Crippen LogP) is 4.35. The lowest BCUT2D eigenvalue weighted by Gasteiger charge is -2.30. The first-order chi connectivity index (χ1) is 14.2. The number of pyridine rings is 2. The number of rotatable bonds is 8. The van der Waals surface area contributed by atoms with Crippen LogP contribution in [-0.2, 0) is 15.8 Å². The van der Waals surface area contributed by atoms with Gasteiger partial charge in [-0.25, -0.2) is 0 Å². The molecule has 0 aliphatic heterocycles. The van der Waals surface area contributed by atoms with Crippen LogP contribution in [0, 0.1) is 0 Å². The molecule has 30 heavy (non-hydrogen) atoms. The lowest BCUT2D eigenvalue weighted by Crippen LogP contribution is -2.40. The first-order valence-corrected chi connectivity index (χ1v) is 9.86. The topological polar surface area (TPSA) is 63.2 Å². The van der Waals surface area contributed by atoms with Gasteiger partial charge < -0.3 is 9.69 Å². The maximum atomic E-state index is 13.0. The van der Waals surface area contributed by atoms with Crippen LogP contribution in [0.2, 0.25) is 0 Å². The molecule has 0 radical (unpaired) electrons. The fourth-order valence-electron chi connectivity index (χ4n) is 4.18. The van der Waals surface area contributed by atoms with E-state index in [-0.39, 0.29) is 30.2 Å². The molecule has 1 fully saturated rings. The molecule has 2 aromatic rings. The normalized spacial score (nSPS) is 21.7. The molecule has 3 atom stereocenters. The van der Waals surface area contributed by atoms with E-state index >= 15 is 0 Å². The van der Waals surface area contributed by atoms with Crippen LogP contribution in [0.4, 0.5) is 13.2 Å². The van der Waals surface area contributed by atoms with E-state index in [0.29, 0.717) is 11.8 Å². The molecule has 5 nitrogen and oxygen atoms in total. The highest BCUT2D eigenvalue weighted by atomic mass is 19.4. The highest BCUT2D eigenvalue weighted by molar-refractivity contribution is 5.79. The van der Waals surface area contributed by atoms with Crippen molar-refractivity contribution in [1.29, 1.82) is 0 Å². The molecular weight excluding hydrogens is 395 g/mol. The molecule has 2 aromatic heterocycles. The smallest absolute Gasteiger partial charge is 0.339 e. The summed E-state index contributed by atoms with van der Waals surface area (Å²) < 4.78 is 38.3. The fourth-order valence-corrected chi connectivity index (χ4v) is 4.18. The van der Waals surface area contributed by atoms with Crippen LogP contribution in [0.25, 0.3) is 0 Å². The maximum Gasteiger partial charge on any atom is 0.433 e. The standard InChI is InChI=1S/C22H24F3N3O2/c1-3-21(13-18(21)15-6-9-26-10-7-15)28(2)20(30)12-16(8-11-29)17-4-5-19(27-14-17)22(23,24)25/h4-7,9-11,14,16,18H,3,8,12-13H2,1-2H3. The Balaban J connectivity index is 1.74. The second-order valence-corrected chi connectivity index (χ2v) is 7.73. The van der Waals surface area contributed by atoms with Gasteiger partial charge in [-0.1, -0.05) is 13.0 Å². The van der Waals surface area contributed by atoms with Gasteiger partial charge in [-0.15, -0.1) is 0 Å². The SMILES string of the molecule is CCC1(N(C)C(=O)CC(CC=O)c2ccc(C(F)(F)F)nc2)CC1c1ccncc1. The number of halogens is 3. The number of aromatic nitrogens is 2. The Hall–Kier alpha value is -2.77. The van der Waals surface area contributed by atoms with E-state index in [1.807, 2.05) is 19.1 Å². The second-order valence-electron chi connectivity index (χ2n) is 7.73. The largest absolute Gasteiger partial charge is 0.433 e. The number of aldehydes is 1. The van der Waals surface area contributed by atoms with E-state index in [9.17, 15) is 22.8 Å². The van der Waals surface area contributed by atoms with E-state index < -0.39 is 17.8 Å². The lowest BCUT2D eigenvalue weighted by molar-refractivity contribution is -0.141. The van der Waals surface area contributed by atoms with E-state index in [2.05, 4.69) is 9.97 Å². The summed E-state index contributed by atoms with van der Waals surface area (Å²) in [4.78, 5) is 33.4. The minimum Gasteiger partial charge on any atom is -0.339 e. The number of likely N-dealkylation sites (N-methyl/N-ethyl adjacent to an activating group) is 1. The average molecular weight is 419 g/mol. The molecule has 0 saturated heterocycles. The number of hydrogen-bond donors (Lipinski definition) is 0. The third kappa shape index (κ3) is 4.37. The molecule has 3 unspecified atom stereocenters. The number of carbonyl (C=O) groups excluding carboxylic acids is 2. The van der Waals surface area contributed by atoms with Crippen LogP contribution in [-0.4, -0.2) is 39.6 Å². The van der Waals surface area contributed by atoms with Crippen LogP contribution < -0.4 is 0 Å². The number of alkyl halides is 3. The summed E-state index contributed by atoms with van der Waals surface area (Å²) in [6, 6.07) is 6.08. The van der Waals surface area contributed by atoms with Gasteiger partial charge in [0, 0.05) is 55.9 Å². The fraction of sp³-hybridized carbons (Fsp3) is 0.455. The Bertz CT molecular complexity index is 887. The zero-order valence-electron chi connectivity index (χ0n) is 16.9. The van der Waals surface area contributed by atoms with Crippen molar-refractivity contribution in [2.75, 3.05) is 7.05 Å². The summed E-state index contributed by atoms with van der Waals surface area (Å²) in [6.07, 6.45) is 2.42. The number of amides is 1. The Morgan fingerprint density at radius 2 is 2.00 bits per heavy atom. The Kier molecular flexibility index (Phi) is 6.24. The third-order valence-corrected chi connectivity index (χ3v) is 6.16. The molecule has 8 heteroatoms. The molecule has 0 bridgehead atoms. The Morgan fingerprint density at radius 3 is 2.53 bits per heavy atom. The van der Waals surface area contributed by atoms with Crippen molar-refractivity contribution < 1.29 is 22.8 Å². The molecule has 1 saturated carbocycles. The van der Waals surface area contributed by atoms with Gasteiger partial charge in [-0.3, -0.25) is 14.8 Å². The van der Waals surface area contributed by atoms with E-state index in [4.69, 9.17) is 0 Å². The summed E-state index contributed by atoms with van der Waals surface area (Å²) >= 11 is 0. The molecular formula is C22H24F3N3O2. The van der Waals surface area contributed by atoms with Crippen LogP contribution in [0.15, 0.2) is 42.9 Å². The van der Waals surface area contributed by atoms with Crippen LogP contribution in [0.1, 0.15) is 61.3 Å². The van der Waals surface area contributed by atoms with Crippen molar-refractivity contribution in [3.63, 3.8) is 0 Å². The minimum absolute atomic E-state index is 0.0348. The highest BCUT2D eigenvalue weighted by Gasteiger charge is 2.57. The molecule has 0 aromatic carbocycles. The van der Waals surface area contributed by atoms with Crippen LogP contribution in [0.3, 0.4) is 0 Å². The van der Waals surface area contributed by atoms with Crippen LogP contribution in [0.5, 0.6) is 0 Å². The van der Waals surface area contributed by atoms with Gasteiger partial charge in [0.05, 0.1) is 0 Å². The molecule has 2 heterocycles. The lowest BCUT2D eigenvalue weighted by atomic mass is 9.92. The quantitative estimate of drug-likeness (QED) is 0.597. The molecule has 3 rings (SSSR count). The Labute approximate surface area is 173 Å². The molecule has 160 valence electrons. The number of nitrogens with zero attached hydrogens (tertiary/aromatic N) is 3. The molecule has 1 amide bonds. The van der Waals surface area contributed by atoms with Gasteiger partial charge in [0.25, 0.3) is 0 Å². The van der Waals surface area contributed by atoms with Crippen molar-refractivity contribution in [3.8, 4) is 0 Å². The van der Waals surface area contributed by atoms with E-state index in [1.54, 1.807) is 24.3 Å². The van der Waals surface area contributed by atoms with Crippen molar-refractivity contribution in [2.45, 2.75) is 56.2 Å². The van der Waals surface area contributed by atoms with Crippen LogP contribution >= 0.6 is 0 Å². The Morgan fingerprint density at radius 1 is 1.30 bits per heavy atom. The van der Waals surface area contributed by atoms with Gasteiger partial charge in [0.15, 0.2) is 0 Å². The summed E-state index contributed by atoms with van der Waals surface area (Å²) in [5, 5.41) is 0. The van der Waals surface area contributed by atoms with Gasteiger partial charge in [-0.05, 0) is 42.2 Å². The molecule has 0 spiro atoms. The van der Waals surface area contributed by atoms with Crippen molar-refractivity contribution in [2.24, 2.45) is 0 Å². The highest BCUT2D eigenvalue weighted by Crippen LogP contribution is 2.57. The summed E-state index contributed by atoms with van der Waals surface area (Å²) in [5.74, 6) is -0.434. The maximum absolute atomic E-state index is 13.0.